The van der Waals surface area contributed by atoms with Gasteiger partial charge in [0.1, 0.15) is 5.70 Å². The van der Waals surface area contributed by atoms with Crippen molar-refractivity contribution in [2.75, 3.05) is 19.9 Å². The number of carbonyl (C=O) groups is 2. The number of carbonyl (C=O) groups excluding carboxylic acids is 2. The molecule has 2 aromatic rings. The Kier molecular flexibility index (Phi) is 4.79. The lowest BCUT2D eigenvalue weighted by atomic mass is 9.92. The van der Waals surface area contributed by atoms with Gasteiger partial charge < -0.3 is 14.4 Å². The zero-order valence-electron chi connectivity index (χ0n) is 16.6. The van der Waals surface area contributed by atoms with Gasteiger partial charge in [-0.3, -0.25) is 9.59 Å². The Labute approximate surface area is 179 Å². The second kappa shape index (κ2) is 7.51. The molecule has 9 heteroatoms. The van der Waals surface area contributed by atoms with E-state index in [1.807, 2.05) is 0 Å². The molecule has 1 aliphatic carbocycles. The fraction of sp³-hybridized carbons (Fsp3) is 0.273. The largest absolute Gasteiger partial charge is 0.454 e. The predicted octanol–water partition coefficient (Wildman–Crippen LogP) is 2.22. The maximum Gasteiger partial charge on any atom is 0.247 e. The average molecular weight is 440 g/mol. The highest BCUT2D eigenvalue weighted by Crippen LogP contribution is 2.34. The van der Waals surface area contributed by atoms with Crippen molar-refractivity contribution in [1.29, 1.82) is 0 Å². The number of rotatable bonds is 5. The molecule has 2 aromatic carbocycles. The minimum absolute atomic E-state index is 0.0283. The Balaban J connectivity index is 1.52. The maximum absolute atomic E-state index is 13.3. The summed E-state index contributed by atoms with van der Waals surface area (Å²) in [6.07, 6.45) is 1.68. The molecular formula is C22H20N2O6S. The highest BCUT2D eigenvalue weighted by molar-refractivity contribution is 7.94. The topological polar surface area (TPSA) is 102 Å². The van der Waals surface area contributed by atoms with Crippen LogP contribution in [0.3, 0.4) is 0 Å². The van der Waals surface area contributed by atoms with E-state index in [0.717, 1.165) is 12.8 Å². The number of nitrogens with one attached hydrogen (secondary N) is 1. The highest BCUT2D eigenvalue weighted by atomic mass is 32.2. The standard InChI is InChI=1S/C22H20N2O6S/c25-20-15-5-1-2-6-16(15)21(26)22(19(20)24-9-3-4-10-24)31(27,28)23-12-14-7-8-17-18(11-14)30-13-29-17/h1-2,5-8,11,23H,3-4,9-10,12-13H2. The lowest BCUT2D eigenvalue weighted by Gasteiger charge is -2.27. The Bertz CT molecular complexity index is 1230. The predicted molar refractivity (Wildman–Crippen MR) is 111 cm³/mol. The zero-order valence-corrected chi connectivity index (χ0v) is 17.4. The number of sulfonamides is 1. The minimum atomic E-state index is -4.26. The van der Waals surface area contributed by atoms with Crippen molar-refractivity contribution in [2.24, 2.45) is 0 Å². The molecule has 1 N–H and O–H groups in total. The number of benzene rings is 2. The van der Waals surface area contributed by atoms with Crippen LogP contribution in [0.4, 0.5) is 0 Å². The summed E-state index contributed by atoms with van der Waals surface area (Å²) in [5.74, 6) is 0.0395. The third-order valence-electron chi connectivity index (χ3n) is 5.65. The van der Waals surface area contributed by atoms with E-state index in [1.54, 1.807) is 41.3 Å². The zero-order chi connectivity index (χ0) is 21.6. The molecule has 1 fully saturated rings. The van der Waals surface area contributed by atoms with Crippen molar-refractivity contribution in [1.82, 2.24) is 9.62 Å². The summed E-state index contributed by atoms with van der Waals surface area (Å²) in [5, 5.41) is 0. The molecule has 0 amide bonds. The Morgan fingerprint density at radius 3 is 2.32 bits per heavy atom. The van der Waals surface area contributed by atoms with Crippen LogP contribution in [0.2, 0.25) is 0 Å². The molecule has 0 radical (unpaired) electrons. The summed E-state index contributed by atoms with van der Waals surface area (Å²) in [4.78, 5) is 27.7. The van der Waals surface area contributed by atoms with Crippen molar-refractivity contribution in [3.63, 3.8) is 0 Å². The Morgan fingerprint density at radius 1 is 0.903 bits per heavy atom. The smallest absolute Gasteiger partial charge is 0.247 e. The van der Waals surface area contributed by atoms with Crippen LogP contribution in [0.1, 0.15) is 39.1 Å². The first-order chi connectivity index (χ1) is 15.0. The van der Waals surface area contributed by atoms with Crippen molar-refractivity contribution in [2.45, 2.75) is 19.4 Å². The number of Topliss-reactive ketones (excluding diaryl/α,β-unsaturated/α-hetero) is 2. The molecule has 0 aromatic heterocycles. The maximum atomic E-state index is 13.3. The molecule has 0 bridgehead atoms. The van der Waals surface area contributed by atoms with Gasteiger partial charge in [0.2, 0.25) is 28.4 Å². The van der Waals surface area contributed by atoms with Gasteiger partial charge in [-0.15, -0.1) is 0 Å². The van der Waals surface area contributed by atoms with Crippen molar-refractivity contribution in [3.8, 4) is 11.5 Å². The number of nitrogens with zero attached hydrogens (tertiary/aromatic N) is 1. The van der Waals surface area contributed by atoms with Crippen LogP contribution >= 0.6 is 0 Å². The number of hydrogen-bond acceptors (Lipinski definition) is 7. The number of allylic oxidation sites excluding steroid dienone is 2. The Morgan fingerprint density at radius 2 is 1.58 bits per heavy atom. The summed E-state index contributed by atoms with van der Waals surface area (Å²) in [6, 6.07) is 11.4. The van der Waals surface area contributed by atoms with Gasteiger partial charge in [-0.05, 0) is 30.5 Å². The molecule has 0 spiro atoms. The molecular weight excluding hydrogens is 420 g/mol. The van der Waals surface area contributed by atoms with Crippen molar-refractivity contribution >= 4 is 21.6 Å². The highest BCUT2D eigenvalue weighted by Gasteiger charge is 2.41. The normalized spacial score (nSPS) is 18.0. The first-order valence-electron chi connectivity index (χ1n) is 10.0. The summed E-state index contributed by atoms with van der Waals surface area (Å²) in [6.45, 7) is 1.14. The van der Waals surface area contributed by atoms with E-state index >= 15 is 0 Å². The number of ether oxygens (including phenoxy) is 2. The Hall–Kier alpha value is -3.17. The third-order valence-corrected chi connectivity index (χ3v) is 7.09. The first kappa shape index (κ1) is 19.8. The van der Waals surface area contributed by atoms with Crippen molar-refractivity contribution in [3.05, 3.63) is 69.8 Å². The summed E-state index contributed by atoms with van der Waals surface area (Å²) in [5.41, 5.74) is 0.966. The van der Waals surface area contributed by atoms with Crippen molar-refractivity contribution < 1.29 is 27.5 Å². The van der Waals surface area contributed by atoms with Crippen LogP contribution in [-0.4, -0.2) is 44.8 Å². The van der Waals surface area contributed by atoms with Crippen LogP contribution < -0.4 is 14.2 Å². The van der Waals surface area contributed by atoms with Gasteiger partial charge in [0.25, 0.3) is 0 Å². The molecule has 3 aliphatic rings. The van der Waals surface area contributed by atoms with E-state index in [0.29, 0.717) is 30.2 Å². The number of ketones is 2. The van der Waals surface area contributed by atoms with Gasteiger partial charge in [0.05, 0.1) is 0 Å². The quantitative estimate of drug-likeness (QED) is 0.761. The van der Waals surface area contributed by atoms with Gasteiger partial charge in [0, 0.05) is 30.8 Å². The summed E-state index contributed by atoms with van der Waals surface area (Å²) >= 11 is 0. The van der Waals surface area contributed by atoms with E-state index in [-0.39, 0.29) is 30.2 Å². The molecule has 31 heavy (non-hydrogen) atoms. The molecule has 0 saturated carbocycles. The second-order valence-corrected chi connectivity index (χ2v) is 9.29. The average Bonchev–Trinajstić information content (AvgIpc) is 3.46. The fourth-order valence-corrected chi connectivity index (χ4v) is 5.45. The molecule has 2 heterocycles. The van der Waals surface area contributed by atoms with Crippen LogP contribution in [0.15, 0.2) is 53.1 Å². The van der Waals surface area contributed by atoms with Crippen LogP contribution in [0.5, 0.6) is 11.5 Å². The van der Waals surface area contributed by atoms with Crippen LogP contribution in [0.25, 0.3) is 0 Å². The van der Waals surface area contributed by atoms with Gasteiger partial charge in [-0.2, -0.15) is 0 Å². The molecule has 2 aliphatic heterocycles. The van der Waals surface area contributed by atoms with E-state index in [1.165, 1.54) is 6.07 Å². The molecule has 160 valence electrons. The van der Waals surface area contributed by atoms with Gasteiger partial charge in [-0.1, -0.05) is 30.3 Å². The third kappa shape index (κ3) is 3.39. The first-order valence-corrected chi connectivity index (χ1v) is 11.5. The summed E-state index contributed by atoms with van der Waals surface area (Å²) in [7, 11) is -4.26. The van der Waals surface area contributed by atoms with Gasteiger partial charge in [-0.25, -0.2) is 13.1 Å². The number of hydrogen-bond donors (Lipinski definition) is 1. The molecule has 0 unspecified atom stereocenters. The molecule has 0 atom stereocenters. The van der Waals surface area contributed by atoms with Crippen LogP contribution in [0, 0.1) is 0 Å². The van der Waals surface area contributed by atoms with Crippen LogP contribution in [-0.2, 0) is 16.6 Å². The molecule has 1 saturated heterocycles. The van der Waals surface area contributed by atoms with E-state index in [2.05, 4.69) is 4.72 Å². The van der Waals surface area contributed by atoms with Gasteiger partial charge >= 0.3 is 0 Å². The monoisotopic (exact) mass is 440 g/mol. The second-order valence-electron chi connectivity index (χ2n) is 7.59. The molecule has 5 rings (SSSR count). The number of likely N-dealkylation sites (tertiary alicyclic amines) is 1. The van der Waals surface area contributed by atoms with E-state index in [4.69, 9.17) is 9.47 Å². The lowest BCUT2D eigenvalue weighted by Crippen LogP contribution is -2.38. The van der Waals surface area contributed by atoms with Gasteiger partial charge in [0.15, 0.2) is 16.4 Å². The van der Waals surface area contributed by atoms with E-state index in [9.17, 15) is 18.0 Å². The number of fused-ring (bicyclic) bond motifs is 2. The molecule has 8 nitrogen and oxygen atoms in total. The minimum Gasteiger partial charge on any atom is -0.454 e. The summed E-state index contributed by atoms with van der Waals surface area (Å²) < 4.78 is 39.7. The van der Waals surface area contributed by atoms with E-state index < -0.39 is 26.5 Å². The lowest BCUT2D eigenvalue weighted by molar-refractivity contribution is 0.0952. The SMILES string of the molecule is O=C1C(N2CCCC2)=C(S(=O)(=O)NCc2ccc3c(c2)OCO3)C(=O)c2ccccc21. The fourth-order valence-electron chi connectivity index (χ4n) is 4.12.